The van der Waals surface area contributed by atoms with Crippen LogP contribution in [-0.4, -0.2) is 44.3 Å². The fourth-order valence-corrected chi connectivity index (χ4v) is 7.25. The Bertz CT molecular complexity index is 1490. The maximum atomic E-state index is 12.6. The first-order valence-corrected chi connectivity index (χ1v) is 20.8. The average Bonchev–Trinajstić information content (AvgIpc) is 3.61. The van der Waals surface area contributed by atoms with Crippen molar-refractivity contribution in [3.63, 3.8) is 0 Å². The third-order valence-electron chi connectivity index (χ3n) is 9.30. The number of unbranched alkanes of at least 4 members (excludes halogenated alkanes) is 18. The molecule has 0 radical (unpaired) electrons. The van der Waals surface area contributed by atoms with Gasteiger partial charge in [0.15, 0.2) is 0 Å². The highest BCUT2D eigenvalue weighted by Crippen LogP contribution is 2.35. The number of thiophene rings is 1. The van der Waals surface area contributed by atoms with E-state index in [0.717, 1.165) is 74.2 Å². The minimum absolute atomic E-state index is 0.261. The largest absolute Gasteiger partial charge is 0.494 e. The van der Waals surface area contributed by atoms with E-state index >= 15 is 0 Å². The lowest BCUT2D eigenvalue weighted by Gasteiger charge is -2.06. The Morgan fingerprint density at radius 2 is 0.943 bits per heavy atom. The van der Waals surface area contributed by atoms with Crippen LogP contribution in [0.3, 0.4) is 0 Å². The highest BCUT2D eigenvalue weighted by Gasteiger charge is 2.10. The van der Waals surface area contributed by atoms with Gasteiger partial charge >= 0.3 is 17.9 Å². The number of esters is 3. The fraction of sp³-hybridized carbons (Fsp3) is 0.533. The SMILES string of the molecule is C=CC(=O)OCCCCCCCCCCCCOC(=O)c1ccc(-c2cc3ccc(OCCCCCCCCCCCCOC(=O)C=C)cc3s2)cc1. The summed E-state index contributed by atoms with van der Waals surface area (Å²) >= 11 is 1.74. The fourth-order valence-electron chi connectivity index (χ4n) is 6.15. The van der Waals surface area contributed by atoms with E-state index in [4.69, 9.17) is 18.9 Å². The van der Waals surface area contributed by atoms with Crippen molar-refractivity contribution < 1.29 is 33.3 Å². The summed E-state index contributed by atoms with van der Waals surface area (Å²) in [4.78, 5) is 35.8. The van der Waals surface area contributed by atoms with Gasteiger partial charge in [-0.05, 0) is 73.0 Å². The second-order valence-corrected chi connectivity index (χ2v) is 14.8. The molecule has 0 N–H and O–H groups in total. The molecule has 3 rings (SSSR count). The number of hydrogen-bond donors (Lipinski definition) is 0. The molecule has 1 aromatic heterocycles. The molecule has 0 aliphatic rings. The average molecular weight is 747 g/mol. The lowest BCUT2D eigenvalue weighted by molar-refractivity contribution is -0.138. The van der Waals surface area contributed by atoms with Gasteiger partial charge in [0.2, 0.25) is 0 Å². The molecule has 0 bridgehead atoms. The van der Waals surface area contributed by atoms with E-state index in [0.29, 0.717) is 25.4 Å². The first-order chi connectivity index (χ1) is 26.0. The highest BCUT2D eigenvalue weighted by molar-refractivity contribution is 7.22. The van der Waals surface area contributed by atoms with Crippen molar-refractivity contribution in [2.24, 2.45) is 0 Å². The van der Waals surface area contributed by atoms with Crippen LogP contribution in [0.1, 0.15) is 139 Å². The van der Waals surface area contributed by atoms with Crippen LogP contribution in [0.5, 0.6) is 5.75 Å². The van der Waals surface area contributed by atoms with Gasteiger partial charge in [0.25, 0.3) is 0 Å². The molecule has 0 spiro atoms. The minimum Gasteiger partial charge on any atom is -0.494 e. The molecule has 0 atom stereocenters. The standard InChI is InChI=1S/C45H62O7S/c1-3-43(46)50-32-22-18-14-10-6-5-9-13-17-21-31-49-40-30-29-39-35-41(53-42(39)36-40)37-25-27-38(28-26-37)45(48)52-34-24-20-16-12-8-7-11-15-19-23-33-51-44(47)4-2/h3-4,25-30,35-36H,1-2,5-24,31-34H2. The summed E-state index contributed by atoms with van der Waals surface area (Å²) < 4.78 is 22.8. The van der Waals surface area contributed by atoms with Crippen molar-refractivity contribution >= 4 is 39.3 Å². The first-order valence-electron chi connectivity index (χ1n) is 20.0. The van der Waals surface area contributed by atoms with Gasteiger partial charge in [0.05, 0.1) is 32.0 Å². The molecular weight excluding hydrogens is 685 g/mol. The highest BCUT2D eigenvalue weighted by atomic mass is 32.1. The summed E-state index contributed by atoms with van der Waals surface area (Å²) in [5.74, 6) is -0.0201. The predicted octanol–water partition coefficient (Wildman–Crippen LogP) is 12.4. The Hall–Kier alpha value is -3.91. The van der Waals surface area contributed by atoms with Crippen LogP contribution in [0, 0.1) is 0 Å². The maximum Gasteiger partial charge on any atom is 0.338 e. The molecule has 0 aliphatic carbocycles. The second-order valence-electron chi connectivity index (χ2n) is 13.7. The summed E-state index contributed by atoms with van der Waals surface area (Å²) in [6, 6.07) is 16.2. The number of hydrogen-bond acceptors (Lipinski definition) is 8. The van der Waals surface area contributed by atoms with Gasteiger partial charge in [-0.3, -0.25) is 0 Å². The molecule has 0 amide bonds. The van der Waals surface area contributed by atoms with Gasteiger partial charge in [-0.2, -0.15) is 0 Å². The van der Waals surface area contributed by atoms with Crippen molar-refractivity contribution in [2.75, 3.05) is 26.4 Å². The van der Waals surface area contributed by atoms with Crippen molar-refractivity contribution in [2.45, 2.75) is 128 Å². The van der Waals surface area contributed by atoms with Crippen molar-refractivity contribution in [3.05, 3.63) is 79.4 Å². The van der Waals surface area contributed by atoms with Crippen molar-refractivity contribution in [1.29, 1.82) is 0 Å². The molecule has 2 aromatic carbocycles. The van der Waals surface area contributed by atoms with E-state index in [2.05, 4.69) is 37.4 Å². The summed E-state index contributed by atoms with van der Waals surface area (Å²) in [6.45, 7) is 8.97. The molecule has 3 aromatic rings. The number of rotatable bonds is 31. The minimum atomic E-state index is -0.341. The summed E-state index contributed by atoms with van der Waals surface area (Å²) in [7, 11) is 0. The van der Waals surface area contributed by atoms with Crippen LogP contribution in [0.15, 0.2) is 73.8 Å². The van der Waals surface area contributed by atoms with Crippen molar-refractivity contribution in [1.82, 2.24) is 0 Å². The summed E-state index contributed by atoms with van der Waals surface area (Å²) in [6.07, 6.45) is 25.4. The van der Waals surface area contributed by atoms with Crippen LogP contribution in [-0.2, 0) is 23.8 Å². The zero-order valence-corrected chi connectivity index (χ0v) is 32.7. The zero-order valence-electron chi connectivity index (χ0n) is 31.9. The van der Waals surface area contributed by atoms with Crippen LogP contribution in [0.2, 0.25) is 0 Å². The number of fused-ring (bicyclic) bond motifs is 1. The molecule has 0 saturated carbocycles. The Balaban J connectivity index is 1.20. The van der Waals surface area contributed by atoms with Crippen LogP contribution >= 0.6 is 11.3 Å². The van der Waals surface area contributed by atoms with E-state index in [-0.39, 0.29) is 17.9 Å². The Kier molecular flexibility index (Phi) is 22.7. The second kappa shape index (κ2) is 27.7. The number of carbonyl (C=O) groups excluding carboxylic acids is 3. The normalized spacial score (nSPS) is 10.9. The molecule has 1 heterocycles. The number of benzene rings is 2. The topological polar surface area (TPSA) is 88.1 Å². The van der Waals surface area contributed by atoms with Gasteiger partial charge in [0, 0.05) is 21.7 Å². The van der Waals surface area contributed by atoms with Crippen LogP contribution in [0.25, 0.3) is 20.5 Å². The maximum absolute atomic E-state index is 12.6. The molecule has 53 heavy (non-hydrogen) atoms. The molecule has 290 valence electrons. The van der Waals surface area contributed by atoms with Crippen molar-refractivity contribution in [3.8, 4) is 16.2 Å². The van der Waals surface area contributed by atoms with E-state index in [1.807, 2.05) is 24.3 Å². The number of ether oxygens (including phenoxy) is 4. The molecule has 7 nitrogen and oxygen atoms in total. The monoisotopic (exact) mass is 746 g/mol. The third-order valence-corrected chi connectivity index (χ3v) is 10.4. The zero-order chi connectivity index (χ0) is 37.8. The summed E-state index contributed by atoms with van der Waals surface area (Å²) in [5, 5.41) is 1.19. The first kappa shape index (κ1) is 43.5. The molecular formula is C45H62O7S. The number of carbonyl (C=O) groups is 3. The molecule has 0 fully saturated rings. The van der Waals surface area contributed by atoms with Gasteiger partial charge in [0.1, 0.15) is 5.75 Å². The van der Waals surface area contributed by atoms with Gasteiger partial charge < -0.3 is 18.9 Å². The lowest BCUT2D eigenvalue weighted by atomic mass is 10.1. The van der Waals surface area contributed by atoms with Gasteiger partial charge in [-0.25, -0.2) is 14.4 Å². The van der Waals surface area contributed by atoms with Gasteiger partial charge in [-0.15, -0.1) is 11.3 Å². The van der Waals surface area contributed by atoms with Gasteiger partial charge in [-0.1, -0.05) is 128 Å². The lowest BCUT2D eigenvalue weighted by Crippen LogP contribution is -2.06. The third kappa shape index (κ3) is 19.1. The molecule has 8 heteroatoms. The Morgan fingerprint density at radius 1 is 0.509 bits per heavy atom. The predicted molar refractivity (Wildman–Crippen MR) is 218 cm³/mol. The summed E-state index contributed by atoms with van der Waals surface area (Å²) in [5.41, 5.74) is 1.67. The Labute approximate surface area is 322 Å². The van der Waals surface area contributed by atoms with E-state index in [9.17, 15) is 14.4 Å². The molecule has 0 unspecified atom stereocenters. The molecule has 0 saturated heterocycles. The van der Waals surface area contributed by atoms with E-state index < -0.39 is 0 Å². The van der Waals surface area contributed by atoms with E-state index in [1.54, 1.807) is 11.3 Å². The van der Waals surface area contributed by atoms with Crippen LogP contribution < -0.4 is 4.74 Å². The molecule has 0 aliphatic heterocycles. The van der Waals surface area contributed by atoms with Crippen LogP contribution in [0.4, 0.5) is 0 Å². The quantitative estimate of drug-likeness (QED) is 0.0280. The van der Waals surface area contributed by atoms with E-state index in [1.165, 1.54) is 99.3 Å². The Morgan fingerprint density at radius 3 is 1.42 bits per heavy atom. The smallest absolute Gasteiger partial charge is 0.338 e.